The van der Waals surface area contributed by atoms with Crippen LogP contribution in [0, 0.1) is 29.1 Å². The second kappa shape index (κ2) is 10.3. The fourth-order valence-electron chi connectivity index (χ4n) is 5.91. The lowest BCUT2D eigenvalue weighted by Gasteiger charge is -2.36. The van der Waals surface area contributed by atoms with Crippen molar-refractivity contribution in [3.05, 3.63) is 29.3 Å². The number of piperidine rings is 1. The summed E-state index contributed by atoms with van der Waals surface area (Å²) in [5, 5.41) is 14.9. The highest BCUT2D eigenvalue weighted by molar-refractivity contribution is 5.80. The second-order valence-electron chi connectivity index (χ2n) is 9.88. The molecule has 2 atom stereocenters. The quantitative estimate of drug-likeness (QED) is 0.672. The fraction of sp³-hybridized carbons (Fsp3) is 0.640. The SMILES string of the molecule is CNC(=O)[C@@H]1CN(c2ccc(C#N)c(C(F)(F)F)c2)C[C@H]1C1CCN(C(=O)NC2CCCC2)CC1. The molecular weight excluding hydrogens is 459 g/mol. The van der Waals surface area contributed by atoms with Gasteiger partial charge in [0, 0.05) is 45.0 Å². The van der Waals surface area contributed by atoms with E-state index in [1.165, 1.54) is 12.1 Å². The Morgan fingerprint density at radius 3 is 2.37 bits per heavy atom. The monoisotopic (exact) mass is 491 g/mol. The van der Waals surface area contributed by atoms with Gasteiger partial charge >= 0.3 is 12.2 Å². The normalized spacial score (nSPS) is 23.9. The standard InChI is InChI=1S/C25H32F3N5O2/c1-30-23(34)21-15-33(19-7-6-17(13-29)22(12-19)25(26,27)28)14-20(21)16-8-10-32(11-9-16)24(35)31-18-4-2-3-5-18/h6-7,12,16,18,20-21H,2-5,8-11,14-15H2,1H3,(H,30,34)(H,31,35)/t20-,21+/m0/s1. The summed E-state index contributed by atoms with van der Waals surface area (Å²) in [5.41, 5.74) is -1.01. The zero-order valence-electron chi connectivity index (χ0n) is 19.9. The molecule has 1 aromatic rings. The summed E-state index contributed by atoms with van der Waals surface area (Å²) in [5.74, 6) is -0.310. The van der Waals surface area contributed by atoms with Gasteiger partial charge in [0.25, 0.3) is 0 Å². The van der Waals surface area contributed by atoms with Gasteiger partial charge in [0.15, 0.2) is 0 Å². The van der Waals surface area contributed by atoms with Crippen molar-refractivity contribution in [2.75, 3.05) is 38.1 Å². The van der Waals surface area contributed by atoms with Crippen LogP contribution in [0.3, 0.4) is 0 Å². The van der Waals surface area contributed by atoms with Gasteiger partial charge in [0.05, 0.1) is 23.1 Å². The molecule has 0 radical (unpaired) electrons. The highest BCUT2D eigenvalue weighted by Crippen LogP contribution is 2.40. The molecular formula is C25H32F3N5O2. The van der Waals surface area contributed by atoms with Crippen molar-refractivity contribution in [1.29, 1.82) is 5.26 Å². The maximum absolute atomic E-state index is 13.5. The Morgan fingerprint density at radius 2 is 1.77 bits per heavy atom. The van der Waals surface area contributed by atoms with E-state index in [1.807, 2.05) is 9.80 Å². The number of rotatable bonds is 4. The second-order valence-corrected chi connectivity index (χ2v) is 9.88. The third kappa shape index (κ3) is 5.49. The Hall–Kier alpha value is -2.96. The first-order chi connectivity index (χ1) is 16.7. The number of amides is 3. The summed E-state index contributed by atoms with van der Waals surface area (Å²) in [7, 11) is 1.57. The molecule has 0 bridgehead atoms. The van der Waals surface area contributed by atoms with Crippen molar-refractivity contribution < 1.29 is 22.8 Å². The number of likely N-dealkylation sites (tertiary alicyclic amines) is 1. The number of halogens is 3. The van der Waals surface area contributed by atoms with E-state index in [1.54, 1.807) is 13.1 Å². The van der Waals surface area contributed by atoms with Crippen LogP contribution >= 0.6 is 0 Å². The van der Waals surface area contributed by atoms with Crippen LogP contribution in [-0.4, -0.2) is 56.1 Å². The Labute approximate surface area is 203 Å². The molecule has 0 unspecified atom stereocenters. The summed E-state index contributed by atoms with van der Waals surface area (Å²) >= 11 is 0. The third-order valence-corrected chi connectivity index (χ3v) is 7.86. The number of urea groups is 1. The molecule has 1 saturated carbocycles. The molecule has 2 heterocycles. The van der Waals surface area contributed by atoms with Crippen LogP contribution < -0.4 is 15.5 Å². The molecule has 2 aliphatic heterocycles. The number of carbonyl (C=O) groups is 2. The zero-order valence-corrected chi connectivity index (χ0v) is 19.9. The van der Waals surface area contributed by atoms with E-state index in [2.05, 4.69) is 10.6 Å². The van der Waals surface area contributed by atoms with Gasteiger partial charge in [-0.2, -0.15) is 18.4 Å². The van der Waals surface area contributed by atoms with E-state index in [4.69, 9.17) is 5.26 Å². The molecule has 3 amide bonds. The highest BCUT2D eigenvalue weighted by Gasteiger charge is 2.43. The van der Waals surface area contributed by atoms with Crippen molar-refractivity contribution in [2.24, 2.45) is 17.8 Å². The predicted molar refractivity (Wildman–Crippen MR) is 125 cm³/mol. The molecule has 2 saturated heterocycles. The molecule has 3 aliphatic rings. The summed E-state index contributed by atoms with van der Waals surface area (Å²) in [4.78, 5) is 29.0. The Kier molecular flexibility index (Phi) is 7.43. The smallest absolute Gasteiger partial charge is 0.370 e. The van der Waals surface area contributed by atoms with Crippen LogP contribution in [0.2, 0.25) is 0 Å². The van der Waals surface area contributed by atoms with Crippen LogP contribution in [0.4, 0.5) is 23.7 Å². The highest BCUT2D eigenvalue weighted by atomic mass is 19.4. The van der Waals surface area contributed by atoms with Crippen LogP contribution in [0.1, 0.15) is 49.7 Å². The summed E-state index contributed by atoms with van der Waals surface area (Å²) in [6.45, 7) is 1.99. The first-order valence-corrected chi connectivity index (χ1v) is 12.3. The number of nitrogens with zero attached hydrogens (tertiary/aromatic N) is 3. The van der Waals surface area contributed by atoms with E-state index < -0.39 is 17.3 Å². The van der Waals surface area contributed by atoms with Crippen molar-refractivity contribution in [3.8, 4) is 6.07 Å². The maximum atomic E-state index is 13.5. The molecule has 2 N–H and O–H groups in total. The number of nitrogens with one attached hydrogen (secondary N) is 2. The molecule has 4 rings (SSSR count). The lowest BCUT2D eigenvalue weighted by atomic mass is 9.78. The van der Waals surface area contributed by atoms with E-state index in [0.29, 0.717) is 31.9 Å². The van der Waals surface area contributed by atoms with Gasteiger partial charge in [-0.3, -0.25) is 4.79 Å². The first-order valence-electron chi connectivity index (χ1n) is 12.3. The zero-order chi connectivity index (χ0) is 25.2. The van der Waals surface area contributed by atoms with Gasteiger partial charge in [-0.05, 0) is 55.7 Å². The number of alkyl halides is 3. The molecule has 3 fully saturated rings. The van der Waals surface area contributed by atoms with Gasteiger partial charge in [-0.25, -0.2) is 4.79 Å². The summed E-state index contributed by atoms with van der Waals surface area (Å²) < 4.78 is 40.5. The number of hydrogen-bond donors (Lipinski definition) is 2. The molecule has 10 heteroatoms. The number of carbonyl (C=O) groups excluding carboxylic acids is 2. The van der Waals surface area contributed by atoms with Gasteiger partial charge in [-0.1, -0.05) is 12.8 Å². The Bertz CT molecular complexity index is 978. The van der Waals surface area contributed by atoms with Crippen molar-refractivity contribution in [3.63, 3.8) is 0 Å². The summed E-state index contributed by atoms with van der Waals surface area (Å²) in [6.07, 6.45) is 1.23. The minimum Gasteiger partial charge on any atom is -0.370 e. The molecule has 35 heavy (non-hydrogen) atoms. The lowest BCUT2D eigenvalue weighted by molar-refractivity contribution is -0.137. The van der Waals surface area contributed by atoms with E-state index in [9.17, 15) is 22.8 Å². The van der Waals surface area contributed by atoms with Crippen molar-refractivity contribution in [2.45, 2.75) is 50.7 Å². The number of anilines is 1. The predicted octanol–water partition coefficient (Wildman–Crippen LogP) is 3.74. The van der Waals surface area contributed by atoms with E-state index in [-0.39, 0.29) is 35.7 Å². The summed E-state index contributed by atoms with van der Waals surface area (Å²) in [6, 6.07) is 5.58. The maximum Gasteiger partial charge on any atom is 0.417 e. The third-order valence-electron chi connectivity index (χ3n) is 7.86. The topological polar surface area (TPSA) is 88.5 Å². The van der Waals surface area contributed by atoms with Gasteiger partial charge in [-0.15, -0.1) is 0 Å². The molecule has 1 aliphatic carbocycles. The van der Waals surface area contributed by atoms with Crippen molar-refractivity contribution in [1.82, 2.24) is 15.5 Å². The lowest BCUT2D eigenvalue weighted by Crippen LogP contribution is -2.48. The largest absolute Gasteiger partial charge is 0.417 e. The fourth-order valence-corrected chi connectivity index (χ4v) is 5.91. The molecule has 190 valence electrons. The average Bonchev–Trinajstić information content (AvgIpc) is 3.53. The Balaban J connectivity index is 1.45. The van der Waals surface area contributed by atoms with Gasteiger partial charge in [0.1, 0.15) is 0 Å². The van der Waals surface area contributed by atoms with E-state index >= 15 is 0 Å². The van der Waals surface area contributed by atoms with Crippen LogP contribution in [0.15, 0.2) is 18.2 Å². The molecule has 0 spiro atoms. The van der Waals surface area contributed by atoms with Crippen LogP contribution in [0.5, 0.6) is 0 Å². The Morgan fingerprint density at radius 1 is 1.09 bits per heavy atom. The minimum absolute atomic E-state index is 0.0245. The van der Waals surface area contributed by atoms with Crippen LogP contribution in [-0.2, 0) is 11.0 Å². The van der Waals surface area contributed by atoms with E-state index in [0.717, 1.165) is 44.6 Å². The average molecular weight is 492 g/mol. The molecule has 0 aromatic heterocycles. The first kappa shape index (κ1) is 25.1. The molecule has 7 nitrogen and oxygen atoms in total. The van der Waals surface area contributed by atoms with Crippen molar-refractivity contribution >= 4 is 17.6 Å². The van der Waals surface area contributed by atoms with Crippen LogP contribution in [0.25, 0.3) is 0 Å². The number of nitriles is 1. The molecule has 1 aromatic carbocycles. The minimum atomic E-state index is -4.63. The van der Waals surface area contributed by atoms with Gasteiger partial charge in [0.2, 0.25) is 5.91 Å². The van der Waals surface area contributed by atoms with Gasteiger partial charge < -0.3 is 20.4 Å². The number of benzene rings is 1. The number of hydrogen-bond acceptors (Lipinski definition) is 4.